The Bertz CT molecular complexity index is 1550. The van der Waals surface area contributed by atoms with E-state index in [1.165, 1.54) is 116 Å². The standard InChI is InChI=1S/C55H86O4Si/c1-43(2)26-25-27-44(3)50-35-36-51-49-34-33-45-42-46(37-39-54(45,4)52(49)38-40-55(50,51)5)59-53(56)32-23-15-13-11-9-7-6-8-10-12-14-16-24-41-58-60(57,47-28-19-17-20-29-47)48-30-21-18-22-31-48/h17-22,28-31,33,43-44,46,49-52,57H,6-16,23-27,32,34-42H2,1-5H3/t44-,46?,49?,50-,51?,52?,54+,55-/m1/s1. The summed E-state index contributed by atoms with van der Waals surface area (Å²) in [6.07, 6.45) is 33.7. The zero-order valence-corrected chi connectivity index (χ0v) is 39.9. The van der Waals surface area contributed by atoms with Crippen molar-refractivity contribution < 1.29 is 18.8 Å². The fourth-order valence-electron chi connectivity index (χ4n) is 13.2. The zero-order valence-electron chi connectivity index (χ0n) is 38.9. The molecule has 6 rings (SSSR count). The number of fused-ring (bicyclic) bond motifs is 5. The third kappa shape index (κ3) is 12.1. The summed E-state index contributed by atoms with van der Waals surface area (Å²) in [5.41, 5.74) is 2.48. The minimum Gasteiger partial charge on any atom is -0.462 e. The second kappa shape index (κ2) is 22.9. The largest absolute Gasteiger partial charge is 0.462 e. The molecule has 0 amide bonds. The van der Waals surface area contributed by atoms with E-state index in [4.69, 9.17) is 9.16 Å². The van der Waals surface area contributed by atoms with E-state index in [1.807, 2.05) is 60.7 Å². The molecule has 4 aliphatic rings. The van der Waals surface area contributed by atoms with E-state index in [0.29, 0.717) is 23.9 Å². The van der Waals surface area contributed by atoms with E-state index >= 15 is 0 Å². The lowest BCUT2D eigenvalue weighted by atomic mass is 9.47. The highest BCUT2D eigenvalue weighted by molar-refractivity contribution is 6.91. The Morgan fingerprint density at radius 1 is 0.700 bits per heavy atom. The molecule has 8 atom stereocenters. The Morgan fingerprint density at radius 2 is 1.28 bits per heavy atom. The number of hydrogen-bond donors (Lipinski definition) is 1. The van der Waals surface area contributed by atoms with Crippen LogP contribution in [-0.4, -0.2) is 32.0 Å². The highest BCUT2D eigenvalue weighted by atomic mass is 28.4. The molecule has 0 bridgehead atoms. The summed E-state index contributed by atoms with van der Waals surface area (Å²) in [6, 6.07) is 19.9. The number of rotatable bonds is 25. The first-order valence-corrected chi connectivity index (χ1v) is 27.3. The number of carbonyl (C=O) groups is 1. The molecule has 60 heavy (non-hydrogen) atoms. The number of unbranched alkanes of at least 4 members (excludes halogenated alkanes) is 12. The normalized spacial score (nSPS) is 28.1. The third-order valence-electron chi connectivity index (χ3n) is 16.7. The topological polar surface area (TPSA) is 55.8 Å². The van der Waals surface area contributed by atoms with Crippen molar-refractivity contribution in [3.05, 3.63) is 72.3 Å². The summed E-state index contributed by atoms with van der Waals surface area (Å²) in [6.45, 7) is 13.2. The van der Waals surface area contributed by atoms with Gasteiger partial charge in [0.2, 0.25) is 0 Å². The fourth-order valence-corrected chi connectivity index (χ4v) is 15.6. The molecular formula is C55H86O4Si. The third-order valence-corrected chi connectivity index (χ3v) is 19.6. The van der Waals surface area contributed by atoms with Crippen molar-refractivity contribution in [1.29, 1.82) is 0 Å². The average molecular weight is 839 g/mol. The molecule has 334 valence electrons. The molecule has 0 saturated heterocycles. The van der Waals surface area contributed by atoms with Gasteiger partial charge in [0.05, 0.1) is 0 Å². The Balaban J connectivity index is 0.775. The highest BCUT2D eigenvalue weighted by Gasteiger charge is 2.59. The second-order valence-corrected chi connectivity index (χ2v) is 23.9. The van der Waals surface area contributed by atoms with Crippen LogP contribution in [0, 0.1) is 46.3 Å². The summed E-state index contributed by atoms with van der Waals surface area (Å²) in [7, 11) is -3.17. The van der Waals surface area contributed by atoms with E-state index in [1.54, 1.807) is 5.57 Å². The van der Waals surface area contributed by atoms with Gasteiger partial charge in [0, 0.05) is 19.4 Å². The van der Waals surface area contributed by atoms with Crippen LogP contribution in [0.2, 0.25) is 0 Å². The van der Waals surface area contributed by atoms with Crippen molar-refractivity contribution in [3.63, 3.8) is 0 Å². The van der Waals surface area contributed by atoms with Gasteiger partial charge in [-0.05, 0) is 114 Å². The molecule has 4 unspecified atom stereocenters. The van der Waals surface area contributed by atoms with E-state index in [0.717, 1.165) is 84.4 Å². The summed E-state index contributed by atoms with van der Waals surface area (Å²) in [5, 5.41) is 1.82. The van der Waals surface area contributed by atoms with Crippen LogP contribution in [0.4, 0.5) is 0 Å². The van der Waals surface area contributed by atoms with Crippen LogP contribution in [0.1, 0.15) is 195 Å². The maximum atomic E-state index is 12.9. The molecule has 0 radical (unpaired) electrons. The van der Waals surface area contributed by atoms with Crippen LogP contribution in [0.3, 0.4) is 0 Å². The predicted molar refractivity (Wildman–Crippen MR) is 254 cm³/mol. The van der Waals surface area contributed by atoms with Gasteiger partial charge in [-0.25, -0.2) is 0 Å². The molecule has 2 aromatic rings. The van der Waals surface area contributed by atoms with Crippen molar-refractivity contribution in [2.45, 2.75) is 201 Å². The predicted octanol–water partition coefficient (Wildman–Crippen LogP) is 13.7. The zero-order chi connectivity index (χ0) is 42.4. The lowest BCUT2D eigenvalue weighted by Crippen LogP contribution is -2.61. The van der Waals surface area contributed by atoms with Crippen LogP contribution in [-0.2, 0) is 14.0 Å². The molecule has 1 N–H and O–H groups in total. The number of carbonyl (C=O) groups excluding carboxylic acids is 1. The lowest BCUT2D eigenvalue weighted by Gasteiger charge is -2.58. The van der Waals surface area contributed by atoms with E-state index in [2.05, 4.69) is 40.7 Å². The van der Waals surface area contributed by atoms with Gasteiger partial charge in [0.1, 0.15) is 6.10 Å². The number of allylic oxidation sites excluding steroid dienone is 1. The van der Waals surface area contributed by atoms with Crippen LogP contribution in [0.25, 0.3) is 0 Å². The second-order valence-electron chi connectivity index (χ2n) is 21.2. The number of benzene rings is 2. The van der Waals surface area contributed by atoms with Gasteiger partial charge in [-0.1, -0.05) is 197 Å². The van der Waals surface area contributed by atoms with Gasteiger partial charge in [-0.3, -0.25) is 4.79 Å². The summed E-state index contributed by atoms with van der Waals surface area (Å²) < 4.78 is 12.4. The van der Waals surface area contributed by atoms with Gasteiger partial charge < -0.3 is 14.0 Å². The molecule has 5 heteroatoms. The average Bonchev–Trinajstić information content (AvgIpc) is 3.61. The minimum atomic E-state index is -3.17. The van der Waals surface area contributed by atoms with Crippen LogP contribution < -0.4 is 10.4 Å². The van der Waals surface area contributed by atoms with Gasteiger partial charge in [-0.15, -0.1) is 0 Å². The SMILES string of the molecule is CC(C)CCC[C@@H](C)[C@H]1CCC2C3CC=C4CC(OC(=O)CCCCCCCCCCCCCCCO[Si](O)(c5ccccc5)c5ccccc5)CC[C@]4(C)C3CC[C@@]21C. The minimum absolute atomic E-state index is 0.0427. The number of ether oxygens (including phenoxy) is 1. The number of esters is 1. The lowest BCUT2D eigenvalue weighted by molar-refractivity contribution is -0.151. The first kappa shape index (κ1) is 47.3. The van der Waals surface area contributed by atoms with Gasteiger partial charge in [-0.2, -0.15) is 0 Å². The molecule has 0 aliphatic heterocycles. The quantitative estimate of drug-likeness (QED) is 0.0468. The van der Waals surface area contributed by atoms with Crippen LogP contribution in [0.15, 0.2) is 72.3 Å². The highest BCUT2D eigenvalue weighted by Crippen LogP contribution is 2.67. The summed E-state index contributed by atoms with van der Waals surface area (Å²) >= 11 is 0. The maximum absolute atomic E-state index is 12.9. The smallest absolute Gasteiger partial charge is 0.404 e. The molecule has 3 saturated carbocycles. The monoisotopic (exact) mass is 839 g/mol. The van der Waals surface area contributed by atoms with Gasteiger partial charge >= 0.3 is 14.5 Å². The van der Waals surface area contributed by atoms with Crippen molar-refractivity contribution in [2.75, 3.05) is 6.61 Å². The Kier molecular flexibility index (Phi) is 18.1. The fraction of sp³-hybridized carbons (Fsp3) is 0.727. The first-order valence-electron chi connectivity index (χ1n) is 25.4. The van der Waals surface area contributed by atoms with Gasteiger partial charge in [0.25, 0.3) is 0 Å². The molecule has 0 spiro atoms. The Labute approximate surface area is 368 Å². The van der Waals surface area contributed by atoms with Crippen LogP contribution >= 0.6 is 0 Å². The van der Waals surface area contributed by atoms with E-state index in [-0.39, 0.29) is 12.1 Å². The van der Waals surface area contributed by atoms with Crippen molar-refractivity contribution in [3.8, 4) is 0 Å². The van der Waals surface area contributed by atoms with Crippen molar-refractivity contribution in [2.24, 2.45) is 46.3 Å². The van der Waals surface area contributed by atoms with Gasteiger partial charge in [0.15, 0.2) is 0 Å². The summed E-state index contributed by atoms with van der Waals surface area (Å²) in [5.74, 6) is 5.23. The first-order chi connectivity index (χ1) is 29.0. The van der Waals surface area contributed by atoms with E-state index < -0.39 is 8.56 Å². The molecule has 2 aromatic carbocycles. The molecular weight excluding hydrogens is 753 g/mol. The Hall–Kier alpha value is -2.21. The molecule has 0 aromatic heterocycles. The van der Waals surface area contributed by atoms with Crippen LogP contribution in [0.5, 0.6) is 0 Å². The maximum Gasteiger partial charge on any atom is 0.404 e. The molecule has 4 nitrogen and oxygen atoms in total. The molecule has 3 fully saturated rings. The molecule has 4 aliphatic carbocycles. The molecule has 0 heterocycles. The van der Waals surface area contributed by atoms with Crippen molar-refractivity contribution in [1.82, 2.24) is 0 Å². The van der Waals surface area contributed by atoms with Crippen molar-refractivity contribution >= 4 is 24.9 Å². The summed E-state index contributed by atoms with van der Waals surface area (Å²) in [4.78, 5) is 24.6. The Morgan fingerprint density at radius 3 is 1.88 bits per heavy atom. The number of hydrogen-bond acceptors (Lipinski definition) is 4. The van der Waals surface area contributed by atoms with E-state index in [9.17, 15) is 9.59 Å².